The second-order valence-electron chi connectivity index (χ2n) is 6.95. The summed E-state index contributed by atoms with van der Waals surface area (Å²) < 4.78 is 6.27. The van der Waals surface area contributed by atoms with Crippen molar-refractivity contribution in [1.82, 2.24) is 5.32 Å². The van der Waals surface area contributed by atoms with E-state index in [0.29, 0.717) is 23.5 Å². The maximum atomic E-state index is 12.3. The van der Waals surface area contributed by atoms with E-state index in [4.69, 9.17) is 4.74 Å². The Bertz CT molecular complexity index is 930. The predicted octanol–water partition coefficient (Wildman–Crippen LogP) is 3.78. The Morgan fingerprint density at radius 2 is 1.83 bits per heavy atom. The standard InChI is InChI=1S/C20H20BrN3O4S/c21-17-9-8-16(29-17)19(26)22-11-15-12-24(20(27)28-15)14-6-4-13(5-7-14)23-10-2-1-3-18(23)25/h4-9,15H,1-3,10-12H2,(H,22,26)/t15-/m0/s1. The molecule has 0 bridgehead atoms. The summed E-state index contributed by atoms with van der Waals surface area (Å²) in [6, 6.07) is 10.9. The fourth-order valence-corrected chi connectivity index (χ4v) is 4.76. The number of benzene rings is 1. The van der Waals surface area contributed by atoms with Crippen LogP contribution in [0.25, 0.3) is 0 Å². The summed E-state index contributed by atoms with van der Waals surface area (Å²) >= 11 is 4.68. The molecule has 1 aromatic heterocycles. The van der Waals surface area contributed by atoms with Crippen molar-refractivity contribution in [3.05, 3.63) is 45.1 Å². The normalized spacial score (nSPS) is 19.4. The lowest BCUT2D eigenvalue weighted by Gasteiger charge is -2.27. The number of hydrogen-bond acceptors (Lipinski definition) is 5. The highest BCUT2D eigenvalue weighted by atomic mass is 79.9. The summed E-state index contributed by atoms with van der Waals surface area (Å²) in [5.41, 5.74) is 1.55. The molecule has 2 aliphatic heterocycles. The van der Waals surface area contributed by atoms with Gasteiger partial charge >= 0.3 is 6.09 Å². The monoisotopic (exact) mass is 477 g/mol. The molecule has 3 amide bonds. The Hall–Kier alpha value is -2.39. The van der Waals surface area contributed by atoms with Crippen LogP contribution in [0.3, 0.4) is 0 Å². The third-order valence-corrected chi connectivity index (χ3v) is 6.58. The number of amides is 3. The molecular weight excluding hydrogens is 458 g/mol. The fraction of sp³-hybridized carbons (Fsp3) is 0.350. The molecule has 152 valence electrons. The molecule has 1 aromatic carbocycles. The highest BCUT2D eigenvalue weighted by molar-refractivity contribution is 9.11. The first-order valence-electron chi connectivity index (χ1n) is 9.43. The number of nitrogens with zero attached hydrogens (tertiary/aromatic N) is 2. The van der Waals surface area contributed by atoms with Gasteiger partial charge in [-0.15, -0.1) is 11.3 Å². The lowest BCUT2D eigenvalue weighted by Crippen LogP contribution is -2.35. The number of anilines is 2. The van der Waals surface area contributed by atoms with E-state index in [1.807, 2.05) is 30.3 Å². The van der Waals surface area contributed by atoms with Crippen LogP contribution in [0.2, 0.25) is 0 Å². The lowest BCUT2D eigenvalue weighted by atomic mass is 10.1. The van der Waals surface area contributed by atoms with Crippen molar-refractivity contribution in [2.75, 3.05) is 29.4 Å². The number of rotatable bonds is 5. The van der Waals surface area contributed by atoms with Crippen LogP contribution in [-0.4, -0.2) is 43.6 Å². The fourth-order valence-electron chi connectivity index (χ4n) is 3.46. The van der Waals surface area contributed by atoms with E-state index in [-0.39, 0.29) is 18.4 Å². The third-order valence-electron chi connectivity index (χ3n) is 4.96. The van der Waals surface area contributed by atoms with Crippen LogP contribution in [0.4, 0.5) is 16.2 Å². The van der Waals surface area contributed by atoms with E-state index in [0.717, 1.165) is 28.9 Å². The van der Waals surface area contributed by atoms with Crippen LogP contribution in [0.1, 0.15) is 28.9 Å². The first-order valence-corrected chi connectivity index (χ1v) is 11.0. The summed E-state index contributed by atoms with van der Waals surface area (Å²) in [4.78, 5) is 40.4. The van der Waals surface area contributed by atoms with Crippen molar-refractivity contribution in [3.8, 4) is 0 Å². The molecule has 29 heavy (non-hydrogen) atoms. The molecule has 0 saturated carbocycles. The first kappa shape index (κ1) is 19.9. The number of carbonyl (C=O) groups is 3. The van der Waals surface area contributed by atoms with Crippen LogP contribution >= 0.6 is 27.3 Å². The van der Waals surface area contributed by atoms with Crippen LogP contribution in [0.5, 0.6) is 0 Å². The number of hydrogen-bond donors (Lipinski definition) is 1. The Balaban J connectivity index is 1.35. The molecule has 1 N–H and O–H groups in total. The van der Waals surface area contributed by atoms with Gasteiger partial charge in [0.05, 0.1) is 21.8 Å². The van der Waals surface area contributed by atoms with E-state index in [2.05, 4.69) is 21.2 Å². The van der Waals surface area contributed by atoms with Gasteiger partial charge in [-0.2, -0.15) is 0 Å². The number of carbonyl (C=O) groups excluding carboxylic acids is 3. The zero-order chi connectivity index (χ0) is 20.4. The minimum atomic E-state index is -0.440. The van der Waals surface area contributed by atoms with E-state index in [9.17, 15) is 14.4 Å². The molecule has 2 saturated heterocycles. The second kappa shape index (κ2) is 8.54. The summed E-state index contributed by atoms with van der Waals surface area (Å²) in [7, 11) is 0. The van der Waals surface area contributed by atoms with Crippen molar-refractivity contribution in [3.63, 3.8) is 0 Å². The summed E-state index contributed by atoms with van der Waals surface area (Å²) in [6.45, 7) is 1.33. The van der Waals surface area contributed by atoms with E-state index in [1.54, 1.807) is 15.9 Å². The predicted molar refractivity (Wildman–Crippen MR) is 115 cm³/mol. The number of halogens is 1. The SMILES string of the molecule is O=C(NC[C@H]1CN(c2ccc(N3CCCCC3=O)cc2)C(=O)O1)c1ccc(Br)s1. The number of ether oxygens (including phenoxy) is 1. The van der Waals surface area contributed by atoms with E-state index >= 15 is 0 Å². The molecule has 2 aromatic rings. The van der Waals surface area contributed by atoms with Crippen LogP contribution in [0, 0.1) is 0 Å². The van der Waals surface area contributed by atoms with Gasteiger partial charge in [-0.3, -0.25) is 14.5 Å². The van der Waals surface area contributed by atoms with E-state index in [1.165, 1.54) is 11.3 Å². The zero-order valence-corrected chi connectivity index (χ0v) is 18.0. The molecule has 1 atom stereocenters. The van der Waals surface area contributed by atoms with Crippen molar-refractivity contribution in [1.29, 1.82) is 0 Å². The molecule has 2 aliphatic rings. The number of nitrogens with one attached hydrogen (secondary N) is 1. The van der Waals surface area contributed by atoms with Gasteiger partial charge in [0.25, 0.3) is 5.91 Å². The van der Waals surface area contributed by atoms with Crippen molar-refractivity contribution < 1.29 is 19.1 Å². The lowest BCUT2D eigenvalue weighted by molar-refractivity contribution is -0.119. The quantitative estimate of drug-likeness (QED) is 0.710. The van der Waals surface area contributed by atoms with Crippen molar-refractivity contribution in [2.45, 2.75) is 25.4 Å². The van der Waals surface area contributed by atoms with Crippen LogP contribution < -0.4 is 15.1 Å². The van der Waals surface area contributed by atoms with Gasteiger partial charge in [-0.1, -0.05) is 0 Å². The topological polar surface area (TPSA) is 79.0 Å². The van der Waals surface area contributed by atoms with Crippen molar-refractivity contribution >= 4 is 56.5 Å². The Kier molecular flexibility index (Phi) is 5.86. The maximum absolute atomic E-state index is 12.3. The average molecular weight is 478 g/mol. The minimum Gasteiger partial charge on any atom is -0.442 e. The molecule has 2 fully saturated rings. The Morgan fingerprint density at radius 3 is 2.48 bits per heavy atom. The number of thiophene rings is 1. The largest absolute Gasteiger partial charge is 0.442 e. The second-order valence-corrected chi connectivity index (χ2v) is 9.41. The van der Waals surface area contributed by atoms with Gasteiger partial charge in [0.15, 0.2) is 0 Å². The van der Waals surface area contributed by atoms with Gasteiger partial charge in [0, 0.05) is 24.3 Å². The average Bonchev–Trinajstić information content (AvgIpc) is 3.32. The first-order chi connectivity index (χ1) is 14.0. The molecule has 9 heteroatoms. The minimum absolute atomic E-state index is 0.137. The van der Waals surface area contributed by atoms with Gasteiger partial charge in [-0.25, -0.2) is 4.79 Å². The molecule has 0 unspecified atom stereocenters. The highest BCUT2D eigenvalue weighted by Crippen LogP contribution is 2.27. The van der Waals surface area contributed by atoms with Gasteiger partial charge in [0.2, 0.25) is 5.91 Å². The smallest absolute Gasteiger partial charge is 0.414 e. The van der Waals surface area contributed by atoms with Crippen LogP contribution in [-0.2, 0) is 9.53 Å². The van der Waals surface area contributed by atoms with Gasteiger partial charge < -0.3 is 15.0 Å². The van der Waals surface area contributed by atoms with Crippen molar-refractivity contribution in [2.24, 2.45) is 0 Å². The summed E-state index contributed by atoms with van der Waals surface area (Å²) in [5, 5.41) is 2.81. The summed E-state index contributed by atoms with van der Waals surface area (Å²) in [5.74, 6) is -0.0519. The molecule has 0 aliphatic carbocycles. The molecule has 0 spiro atoms. The number of piperidine rings is 1. The van der Waals surface area contributed by atoms with Crippen LogP contribution in [0.15, 0.2) is 40.2 Å². The number of cyclic esters (lactones) is 1. The third kappa shape index (κ3) is 4.45. The molecule has 7 nitrogen and oxygen atoms in total. The molecular formula is C20H20BrN3O4S. The van der Waals surface area contributed by atoms with Gasteiger partial charge in [0.1, 0.15) is 6.10 Å². The Labute approximate surface area is 180 Å². The van der Waals surface area contributed by atoms with Gasteiger partial charge in [-0.05, 0) is 65.2 Å². The Morgan fingerprint density at radius 1 is 1.10 bits per heavy atom. The summed E-state index contributed by atoms with van der Waals surface area (Å²) in [6.07, 6.45) is 1.66. The van der Waals surface area contributed by atoms with E-state index < -0.39 is 12.2 Å². The zero-order valence-electron chi connectivity index (χ0n) is 15.6. The highest BCUT2D eigenvalue weighted by Gasteiger charge is 2.32. The molecule has 4 rings (SSSR count). The molecule has 0 radical (unpaired) electrons. The maximum Gasteiger partial charge on any atom is 0.414 e. The molecule has 3 heterocycles.